The molecule has 1 aliphatic heterocycles. The monoisotopic (exact) mass is 361 g/mol. The summed E-state index contributed by atoms with van der Waals surface area (Å²) in [4.78, 5) is 25.6. The van der Waals surface area contributed by atoms with Crippen LogP contribution in [0.25, 0.3) is 0 Å². The first-order valence-corrected chi connectivity index (χ1v) is 9.23. The van der Waals surface area contributed by atoms with E-state index >= 15 is 0 Å². The van der Waals surface area contributed by atoms with Gasteiger partial charge in [0.25, 0.3) is 0 Å². The number of rotatable bonds is 9. The molecule has 2 aliphatic rings. The Hall–Kier alpha value is -1.76. The first kappa shape index (κ1) is 19.0. The van der Waals surface area contributed by atoms with Crippen molar-refractivity contribution in [2.75, 3.05) is 37.8 Å². The van der Waals surface area contributed by atoms with Crippen molar-refractivity contribution in [3.63, 3.8) is 0 Å². The van der Waals surface area contributed by atoms with Crippen molar-refractivity contribution in [2.45, 2.75) is 38.9 Å². The molecule has 1 saturated heterocycles. The van der Waals surface area contributed by atoms with E-state index < -0.39 is 0 Å². The van der Waals surface area contributed by atoms with Gasteiger partial charge in [0.1, 0.15) is 0 Å². The summed E-state index contributed by atoms with van der Waals surface area (Å²) in [5, 5.41) is 8.98. The van der Waals surface area contributed by atoms with Gasteiger partial charge in [0.05, 0.1) is 25.4 Å². The minimum Gasteiger partial charge on any atom is -0.396 e. The number of aliphatic hydroxyl groups is 1. The number of benzene rings is 1. The zero-order valence-corrected chi connectivity index (χ0v) is 15.4. The van der Waals surface area contributed by atoms with E-state index in [0.29, 0.717) is 30.3 Å². The van der Waals surface area contributed by atoms with Gasteiger partial charge in [-0.2, -0.15) is 0 Å². The van der Waals surface area contributed by atoms with Gasteiger partial charge < -0.3 is 19.5 Å². The Labute approximate surface area is 154 Å². The van der Waals surface area contributed by atoms with Crippen LogP contribution >= 0.6 is 0 Å². The summed E-state index contributed by atoms with van der Waals surface area (Å²) in [6, 6.07) is 5.41. The van der Waals surface area contributed by atoms with Gasteiger partial charge >= 0.3 is 0 Å². The Morgan fingerprint density at radius 1 is 1.04 bits per heavy atom. The number of aliphatic hydroxyl groups excluding tert-OH is 1. The van der Waals surface area contributed by atoms with Gasteiger partial charge in [-0.15, -0.1) is 0 Å². The molecule has 6 heteroatoms. The molecule has 6 nitrogen and oxygen atoms in total. The predicted octanol–water partition coefficient (Wildman–Crippen LogP) is 2.08. The number of anilines is 1. The van der Waals surface area contributed by atoms with Gasteiger partial charge in [0, 0.05) is 36.5 Å². The van der Waals surface area contributed by atoms with Crippen LogP contribution in [-0.4, -0.2) is 61.8 Å². The highest BCUT2D eigenvalue weighted by Gasteiger charge is 2.30. The molecule has 142 valence electrons. The van der Waals surface area contributed by atoms with E-state index in [9.17, 15) is 9.59 Å². The number of ether oxygens (including phenoxy) is 2. The van der Waals surface area contributed by atoms with Crippen LogP contribution < -0.4 is 4.90 Å². The quantitative estimate of drug-likeness (QED) is 0.536. The Bertz CT molecular complexity index is 662. The first-order chi connectivity index (χ1) is 12.5. The summed E-state index contributed by atoms with van der Waals surface area (Å²) in [5.74, 6) is 0.223. The molecule has 26 heavy (non-hydrogen) atoms. The summed E-state index contributed by atoms with van der Waals surface area (Å²) >= 11 is 0. The lowest BCUT2D eigenvalue weighted by Gasteiger charge is -2.41. The number of carbonyl (C=O) groups is 2. The Balaban J connectivity index is 1.40. The van der Waals surface area contributed by atoms with Gasteiger partial charge in [-0.05, 0) is 50.8 Å². The summed E-state index contributed by atoms with van der Waals surface area (Å²) in [6.07, 6.45) is 2.34. The molecule has 1 saturated carbocycles. The van der Waals surface area contributed by atoms with Crippen molar-refractivity contribution < 1.29 is 24.2 Å². The van der Waals surface area contributed by atoms with E-state index in [-0.39, 0.29) is 30.4 Å². The lowest BCUT2D eigenvalue weighted by Crippen LogP contribution is -2.52. The van der Waals surface area contributed by atoms with Gasteiger partial charge in [0.15, 0.2) is 11.6 Å². The maximum Gasteiger partial charge on any atom is 0.160 e. The molecule has 0 aromatic heterocycles. The third-order valence-electron chi connectivity index (χ3n) is 5.22. The third kappa shape index (κ3) is 4.31. The van der Waals surface area contributed by atoms with E-state index in [0.717, 1.165) is 31.6 Å². The molecular weight excluding hydrogens is 334 g/mol. The van der Waals surface area contributed by atoms with Crippen LogP contribution in [0.15, 0.2) is 18.2 Å². The molecule has 0 amide bonds. The zero-order chi connectivity index (χ0) is 18.7. The molecule has 1 heterocycles. The van der Waals surface area contributed by atoms with Crippen LogP contribution in [0.5, 0.6) is 0 Å². The number of hydrogen-bond donors (Lipinski definition) is 1. The average molecular weight is 361 g/mol. The standard InChI is InChI=1S/C20H27NO5/c1-13(23)19-4-3-16(9-20(19)14(2)24)21-10-18(11-21)26-6-5-25-17-7-15(8-17)12-22/h3-4,9,15,17-18,22H,5-8,10-12H2,1-2H3. The fourth-order valence-corrected chi connectivity index (χ4v) is 3.47. The fourth-order valence-electron chi connectivity index (χ4n) is 3.47. The minimum atomic E-state index is -0.0954. The number of hydrogen-bond acceptors (Lipinski definition) is 6. The lowest BCUT2D eigenvalue weighted by molar-refractivity contribution is -0.0754. The van der Waals surface area contributed by atoms with E-state index in [4.69, 9.17) is 14.6 Å². The maximum absolute atomic E-state index is 11.8. The number of nitrogens with zero attached hydrogens (tertiary/aromatic N) is 1. The van der Waals surface area contributed by atoms with Crippen LogP contribution in [0.2, 0.25) is 0 Å². The van der Waals surface area contributed by atoms with E-state index in [1.807, 2.05) is 6.07 Å². The van der Waals surface area contributed by atoms with Crippen LogP contribution in [-0.2, 0) is 9.47 Å². The third-order valence-corrected chi connectivity index (χ3v) is 5.22. The summed E-state index contributed by atoms with van der Waals surface area (Å²) in [7, 11) is 0. The molecule has 1 aromatic rings. The smallest absolute Gasteiger partial charge is 0.160 e. The zero-order valence-electron chi connectivity index (χ0n) is 15.4. The molecule has 0 unspecified atom stereocenters. The maximum atomic E-state index is 11.8. The molecular formula is C20H27NO5. The highest BCUT2D eigenvalue weighted by Crippen LogP contribution is 2.29. The predicted molar refractivity (Wildman–Crippen MR) is 98.0 cm³/mol. The van der Waals surface area contributed by atoms with Gasteiger partial charge in [0.2, 0.25) is 0 Å². The van der Waals surface area contributed by atoms with E-state index in [1.165, 1.54) is 13.8 Å². The second-order valence-corrected chi connectivity index (χ2v) is 7.25. The van der Waals surface area contributed by atoms with E-state index in [2.05, 4.69) is 4.90 Å². The largest absolute Gasteiger partial charge is 0.396 e. The second kappa shape index (κ2) is 8.29. The first-order valence-electron chi connectivity index (χ1n) is 9.23. The van der Waals surface area contributed by atoms with Crippen molar-refractivity contribution in [1.29, 1.82) is 0 Å². The van der Waals surface area contributed by atoms with E-state index in [1.54, 1.807) is 12.1 Å². The molecule has 2 fully saturated rings. The minimum absolute atomic E-state index is 0.0941. The Kier molecular flexibility index (Phi) is 6.06. The normalized spacial score (nSPS) is 22.7. The van der Waals surface area contributed by atoms with Crippen molar-refractivity contribution in [3.8, 4) is 0 Å². The Morgan fingerprint density at radius 2 is 1.65 bits per heavy atom. The number of ketones is 2. The molecule has 0 bridgehead atoms. The van der Waals surface area contributed by atoms with Crippen LogP contribution in [0.3, 0.4) is 0 Å². The highest BCUT2D eigenvalue weighted by atomic mass is 16.5. The summed E-state index contributed by atoms with van der Waals surface area (Å²) < 4.78 is 11.5. The van der Waals surface area contributed by atoms with Crippen molar-refractivity contribution >= 4 is 17.3 Å². The summed E-state index contributed by atoms with van der Waals surface area (Å²) in [6.45, 7) is 5.91. The molecule has 1 aromatic carbocycles. The SMILES string of the molecule is CC(=O)c1ccc(N2CC(OCCOC3CC(CO)C3)C2)cc1C(C)=O. The summed E-state index contributed by atoms with van der Waals surface area (Å²) in [5.41, 5.74) is 1.90. The van der Waals surface area contributed by atoms with Crippen molar-refractivity contribution in [1.82, 2.24) is 0 Å². The van der Waals surface area contributed by atoms with Gasteiger partial charge in [-0.3, -0.25) is 9.59 Å². The molecule has 0 radical (unpaired) electrons. The van der Waals surface area contributed by atoms with Crippen LogP contribution in [0.1, 0.15) is 47.4 Å². The second-order valence-electron chi connectivity index (χ2n) is 7.25. The van der Waals surface area contributed by atoms with Gasteiger partial charge in [-0.25, -0.2) is 0 Å². The number of carbonyl (C=O) groups excluding carboxylic acids is 2. The highest BCUT2D eigenvalue weighted by molar-refractivity contribution is 6.07. The Morgan fingerprint density at radius 3 is 2.23 bits per heavy atom. The average Bonchev–Trinajstić information content (AvgIpc) is 2.53. The molecule has 0 spiro atoms. The van der Waals surface area contributed by atoms with Crippen LogP contribution in [0.4, 0.5) is 5.69 Å². The lowest BCUT2D eigenvalue weighted by atomic mass is 9.83. The van der Waals surface area contributed by atoms with Crippen molar-refractivity contribution in [2.24, 2.45) is 5.92 Å². The molecule has 0 atom stereocenters. The van der Waals surface area contributed by atoms with Gasteiger partial charge in [-0.1, -0.05) is 0 Å². The van der Waals surface area contributed by atoms with Crippen molar-refractivity contribution in [3.05, 3.63) is 29.3 Å². The molecule has 1 aliphatic carbocycles. The van der Waals surface area contributed by atoms with Crippen LogP contribution in [0, 0.1) is 5.92 Å². The molecule has 3 rings (SSSR count). The number of Topliss-reactive ketones (excluding diaryl/α,β-unsaturated/α-hetero) is 2. The fraction of sp³-hybridized carbons (Fsp3) is 0.600. The molecule has 1 N–H and O–H groups in total. The topological polar surface area (TPSA) is 76.1 Å².